The molecule has 1 aliphatic heterocycles. The summed E-state index contributed by atoms with van der Waals surface area (Å²) in [5, 5.41) is 0. The molecule has 1 heterocycles. The molecule has 5 nitrogen and oxygen atoms in total. The Balaban J connectivity index is 2.12. The fraction of sp³-hybridized carbons (Fsp3) is 0.385. The third-order valence-corrected chi connectivity index (χ3v) is 3.01. The van der Waals surface area contributed by atoms with Gasteiger partial charge in [-0.2, -0.15) is 0 Å². The Morgan fingerprint density at radius 1 is 1.44 bits per heavy atom. The molecule has 1 amide bonds. The van der Waals surface area contributed by atoms with Crippen LogP contribution in [0.2, 0.25) is 0 Å². The van der Waals surface area contributed by atoms with Crippen LogP contribution in [0.15, 0.2) is 24.3 Å². The highest BCUT2D eigenvalue weighted by atomic mass is 16.6. The number of rotatable bonds is 3. The van der Waals surface area contributed by atoms with Crippen LogP contribution in [0.5, 0.6) is 0 Å². The number of nitrogens with zero attached hydrogens (tertiary/aromatic N) is 1. The maximum atomic E-state index is 11.8. The lowest BCUT2D eigenvalue weighted by Crippen LogP contribution is -2.44. The summed E-state index contributed by atoms with van der Waals surface area (Å²) >= 11 is 0. The number of anilines is 1. The molecule has 0 aliphatic carbocycles. The van der Waals surface area contributed by atoms with Crippen molar-refractivity contribution >= 4 is 17.6 Å². The molecule has 2 N–H and O–H groups in total. The molecule has 96 valence electrons. The van der Waals surface area contributed by atoms with Crippen LogP contribution in [0.1, 0.15) is 23.7 Å². The first kappa shape index (κ1) is 12.6. The van der Waals surface area contributed by atoms with Crippen LogP contribution >= 0.6 is 0 Å². The summed E-state index contributed by atoms with van der Waals surface area (Å²) < 4.78 is 5.18. The van der Waals surface area contributed by atoms with E-state index in [1.165, 1.54) is 6.92 Å². The molecule has 1 aromatic rings. The quantitative estimate of drug-likeness (QED) is 0.824. The lowest BCUT2D eigenvalue weighted by Gasteiger charge is -2.31. The molecule has 2 rings (SSSR count). The van der Waals surface area contributed by atoms with Crippen molar-refractivity contribution in [1.29, 1.82) is 0 Å². The molecule has 1 aliphatic rings. The van der Waals surface area contributed by atoms with Gasteiger partial charge in [0.25, 0.3) is 0 Å². The van der Waals surface area contributed by atoms with E-state index in [1.807, 2.05) is 0 Å². The summed E-state index contributed by atoms with van der Waals surface area (Å²) in [5.41, 5.74) is 6.83. The minimum absolute atomic E-state index is 0.00552. The van der Waals surface area contributed by atoms with E-state index >= 15 is 0 Å². The van der Waals surface area contributed by atoms with Gasteiger partial charge in [-0.1, -0.05) is 0 Å². The van der Waals surface area contributed by atoms with Gasteiger partial charge in [-0.05, 0) is 31.2 Å². The van der Waals surface area contributed by atoms with Crippen LogP contribution in [0, 0.1) is 0 Å². The number of ether oxygens (including phenoxy) is 1. The molecule has 0 spiro atoms. The normalized spacial score (nSPS) is 19.6. The average Bonchev–Trinajstić information content (AvgIpc) is 2.38. The standard InChI is InChI=1S/C13H16N2O3/c1-9(16)10-2-4-11(5-3-10)15-7-6-12(8-14)18-13(15)17/h2-5,12H,6-8,14H2,1H3. The molecule has 1 fully saturated rings. The first-order valence-electron chi connectivity index (χ1n) is 5.91. The summed E-state index contributed by atoms with van der Waals surface area (Å²) in [6, 6.07) is 6.92. The van der Waals surface area contributed by atoms with E-state index in [0.29, 0.717) is 18.7 Å². The highest BCUT2D eigenvalue weighted by Gasteiger charge is 2.27. The second-order valence-electron chi connectivity index (χ2n) is 4.28. The Bertz CT molecular complexity index is 456. The van der Waals surface area contributed by atoms with Crippen molar-refractivity contribution in [2.24, 2.45) is 5.73 Å². The van der Waals surface area contributed by atoms with Gasteiger partial charge in [0.1, 0.15) is 6.10 Å². The summed E-state index contributed by atoms with van der Waals surface area (Å²) in [7, 11) is 0. The fourth-order valence-corrected chi connectivity index (χ4v) is 1.91. The Hall–Kier alpha value is -1.88. The SMILES string of the molecule is CC(=O)c1ccc(N2CCC(CN)OC2=O)cc1. The highest BCUT2D eigenvalue weighted by molar-refractivity contribution is 5.95. The largest absolute Gasteiger partial charge is 0.444 e. The van der Waals surface area contributed by atoms with Gasteiger partial charge in [-0.3, -0.25) is 9.69 Å². The predicted octanol–water partition coefficient (Wildman–Crippen LogP) is 1.56. The first-order chi connectivity index (χ1) is 8.61. The summed E-state index contributed by atoms with van der Waals surface area (Å²) in [5.74, 6) is 0.00552. The number of hydrogen-bond acceptors (Lipinski definition) is 4. The van der Waals surface area contributed by atoms with Crippen molar-refractivity contribution in [2.45, 2.75) is 19.4 Å². The smallest absolute Gasteiger partial charge is 0.414 e. The number of cyclic esters (lactones) is 1. The van der Waals surface area contributed by atoms with Gasteiger partial charge in [-0.15, -0.1) is 0 Å². The molecular formula is C13H16N2O3. The third kappa shape index (κ3) is 2.51. The van der Waals surface area contributed by atoms with E-state index in [-0.39, 0.29) is 18.0 Å². The molecule has 1 atom stereocenters. The molecule has 0 saturated carbocycles. The first-order valence-corrected chi connectivity index (χ1v) is 5.91. The Morgan fingerprint density at radius 3 is 2.61 bits per heavy atom. The van der Waals surface area contributed by atoms with Crippen molar-refractivity contribution in [3.8, 4) is 0 Å². The summed E-state index contributed by atoms with van der Waals surface area (Å²) in [6.07, 6.45) is 0.147. The second-order valence-corrected chi connectivity index (χ2v) is 4.28. The van der Waals surface area contributed by atoms with E-state index in [2.05, 4.69) is 0 Å². The van der Waals surface area contributed by atoms with Crippen molar-refractivity contribution < 1.29 is 14.3 Å². The molecule has 1 unspecified atom stereocenters. The van der Waals surface area contributed by atoms with Gasteiger partial charge in [0.2, 0.25) is 0 Å². The Morgan fingerprint density at radius 2 is 2.11 bits per heavy atom. The predicted molar refractivity (Wildman–Crippen MR) is 67.7 cm³/mol. The molecule has 18 heavy (non-hydrogen) atoms. The molecule has 0 bridgehead atoms. The average molecular weight is 248 g/mol. The van der Waals surface area contributed by atoms with Gasteiger partial charge < -0.3 is 10.5 Å². The summed E-state index contributed by atoms with van der Waals surface area (Å²) in [4.78, 5) is 24.5. The zero-order valence-corrected chi connectivity index (χ0v) is 10.3. The van der Waals surface area contributed by atoms with E-state index < -0.39 is 0 Å². The number of benzene rings is 1. The number of carbonyl (C=O) groups is 2. The fourth-order valence-electron chi connectivity index (χ4n) is 1.91. The summed E-state index contributed by atoms with van der Waals surface area (Å²) in [6.45, 7) is 2.44. The van der Waals surface area contributed by atoms with Crippen LogP contribution in [0.4, 0.5) is 10.5 Å². The topological polar surface area (TPSA) is 72.6 Å². The Kier molecular flexibility index (Phi) is 3.62. The molecule has 0 radical (unpaired) electrons. The maximum absolute atomic E-state index is 11.8. The number of hydrogen-bond donors (Lipinski definition) is 1. The number of carbonyl (C=O) groups excluding carboxylic acids is 2. The molecule has 1 saturated heterocycles. The third-order valence-electron chi connectivity index (χ3n) is 3.01. The molecule has 5 heteroatoms. The van der Waals surface area contributed by atoms with E-state index in [0.717, 1.165) is 12.1 Å². The molecule has 1 aromatic carbocycles. The van der Waals surface area contributed by atoms with Crippen molar-refractivity contribution in [3.63, 3.8) is 0 Å². The zero-order valence-electron chi connectivity index (χ0n) is 10.3. The number of Topliss-reactive ketones (excluding diaryl/α,β-unsaturated/α-hetero) is 1. The lowest BCUT2D eigenvalue weighted by molar-refractivity contribution is 0.0887. The number of amides is 1. The highest BCUT2D eigenvalue weighted by Crippen LogP contribution is 2.21. The van der Waals surface area contributed by atoms with Crippen LogP contribution in [0.25, 0.3) is 0 Å². The minimum atomic E-state index is -0.382. The van der Waals surface area contributed by atoms with Crippen LogP contribution in [0.3, 0.4) is 0 Å². The van der Waals surface area contributed by atoms with E-state index in [1.54, 1.807) is 29.2 Å². The molecular weight excluding hydrogens is 232 g/mol. The minimum Gasteiger partial charge on any atom is -0.444 e. The van der Waals surface area contributed by atoms with Gasteiger partial charge in [0.15, 0.2) is 5.78 Å². The number of nitrogens with two attached hydrogens (primary N) is 1. The van der Waals surface area contributed by atoms with E-state index in [4.69, 9.17) is 10.5 Å². The van der Waals surface area contributed by atoms with Gasteiger partial charge in [0, 0.05) is 30.8 Å². The van der Waals surface area contributed by atoms with Crippen LogP contribution in [-0.4, -0.2) is 31.1 Å². The Labute approximate surface area is 106 Å². The lowest BCUT2D eigenvalue weighted by atomic mass is 10.1. The second kappa shape index (κ2) is 5.18. The van der Waals surface area contributed by atoms with Crippen molar-refractivity contribution in [1.82, 2.24) is 0 Å². The van der Waals surface area contributed by atoms with Gasteiger partial charge >= 0.3 is 6.09 Å². The van der Waals surface area contributed by atoms with Gasteiger partial charge in [0.05, 0.1) is 0 Å². The molecule has 0 aromatic heterocycles. The maximum Gasteiger partial charge on any atom is 0.414 e. The van der Waals surface area contributed by atoms with Gasteiger partial charge in [-0.25, -0.2) is 4.79 Å². The van der Waals surface area contributed by atoms with Crippen LogP contribution < -0.4 is 10.6 Å². The van der Waals surface area contributed by atoms with Crippen molar-refractivity contribution in [3.05, 3.63) is 29.8 Å². The monoisotopic (exact) mass is 248 g/mol. The zero-order chi connectivity index (χ0) is 13.1. The van der Waals surface area contributed by atoms with E-state index in [9.17, 15) is 9.59 Å². The van der Waals surface area contributed by atoms with Crippen LogP contribution in [-0.2, 0) is 4.74 Å². The van der Waals surface area contributed by atoms with Crippen molar-refractivity contribution in [2.75, 3.05) is 18.0 Å². The number of ketones is 1.